The van der Waals surface area contributed by atoms with Gasteiger partial charge in [-0.25, -0.2) is 9.97 Å². The van der Waals surface area contributed by atoms with Crippen LogP contribution in [-0.2, 0) is 0 Å². The number of pyridine rings is 1. The number of hydrogen-bond acceptors (Lipinski definition) is 5. The van der Waals surface area contributed by atoms with E-state index in [1.165, 1.54) is 22.5 Å². The summed E-state index contributed by atoms with van der Waals surface area (Å²) in [6.07, 6.45) is 3.72. The Morgan fingerprint density at radius 1 is 1.13 bits per heavy atom. The van der Waals surface area contributed by atoms with E-state index in [2.05, 4.69) is 41.9 Å². The van der Waals surface area contributed by atoms with Crippen LogP contribution in [0.1, 0.15) is 39.3 Å². The minimum Gasteiger partial charge on any atom is -0.356 e. The van der Waals surface area contributed by atoms with Crippen LogP contribution in [0.3, 0.4) is 0 Å². The molecule has 0 bridgehead atoms. The number of aromatic nitrogens is 2. The standard InChI is InChI=1S/C24H28N4OS/c1-16-8-9-20(17(2)15-16)23-26-18(3)22(30-23)24(29)27(4)19-10-13-28(14-11-19)21-7-5-6-12-25-21/h5-9,12,15,19H,10-11,13-14H2,1-4H3. The molecule has 3 aromatic rings. The maximum Gasteiger partial charge on any atom is 0.265 e. The first-order valence-electron chi connectivity index (χ1n) is 10.4. The lowest BCUT2D eigenvalue weighted by Gasteiger charge is -2.37. The maximum atomic E-state index is 13.3. The van der Waals surface area contributed by atoms with Crippen molar-refractivity contribution in [3.8, 4) is 10.6 Å². The molecule has 1 amide bonds. The van der Waals surface area contributed by atoms with E-state index in [-0.39, 0.29) is 11.9 Å². The summed E-state index contributed by atoms with van der Waals surface area (Å²) in [6.45, 7) is 7.95. The number of thiazole rings is 1. The number of carbonyl (C=O) groups excluding carboxylic acids is 1. The third kappa shape index (κ3) is 4.10. The van der Waals surface area contributed by atoms with Crippen LogP contribution in [-0.4, -0.2) is 47.0 Å². The molecular formula is C24H28N4OS. The Hall–Kier alpha value is -2.73. The summed E-state index contributed by atoms with van der Waals surface area (Å²) in [5.41, 5.74) is 4.35. The van der Waals surface area contributed by atoms with Gasteiger partial charge in [-0.05, 0) is 51.3 Å². The Kier molecular flexibility index (Phi) is 5.86. The van der Waals surface area contributed by atoms with E-state index in [1.807, 2.05) is 43.3 Å². The Balaban J connectivity index is 1.46. The molecule has 30 heavy (non-hydrogen) atoms. The highest BCUT2D eigenvalue weighted by Gasteiger charge is 2.28. The van der Waals surface area contributed by atoms with Crippen LogP contribution in [0, 0.1) is 20.8 Å². The molecule has 0 spiro atoms. The molecule has 1 aliphatic rings. The fraction of sp³-hybridized carbons (Fsp3) is 0.375. The fourth-order valence-corrected chi connectivity index (χ4v) is 5.25. The average Bonchev–Trinajstić information content (AvgIpc) is 3.14. The minimum absolute atomic E-state index is 0.0808. The van der Waals surface area contributed by atoms with Crippen molar-refractivity contribution in [2.45, 2.75) is 39.7 Å². The van der Waals surface area contributed by atoms with Crippen LogP contribution in [0.5, 0.6) is 0 Å². The molecule has 5 nitrogen and oxygen atoms in total. The topological polar surface area (TPSA) is 49.3 Å². The lowest BCUT2D eigenvalue weighted by molar-refractivity contribution is 0.0713. The number of benzene rings is 1. The van der Waals surface area contributed by atoms with Gasteiger partial charge in [0.2, 0.25) is 0 Å². The Morgan fingerprint density at radius 3 is 2.57 bits per heavy atom. The highest BCUT2D eigenvalue weighted by atomic mass is 32.1. The molecule has 2 aromatic heterocycles. The van der Waals surface area contributed by atoms with Crippen molar-refractivity contribution in [2.75, 3.05) is 25.0 Å². The summed E-state index contributed by atoms with van der Waals surface area (Å²) in [5, 5.41) is 0.923. The predicted octanol–water partition coefficient (Wildman–Crippen LogP) is 4.87. The monoisotopic (exact) mass is 420 g/mol. The van der Waals surface area contributed by atoms with Crippen LogP contribution in [0.4, 0.5) is 5.82 Å². The van der Waals surface area contributed by atoms with Gasteiger partial charge in [0.05, 0.1) is 5.69 Å². The summed E-state index contributed by atoms with van der Waals surface area (Å²) < 4.78 is 0. The van der Waals surface area contributed by atoms with Crippen molar-refractivity contribution in [2.24, 2.45) is 0 Å². The quantitative estimate of drug-likeness (QED) is 0.604. The molecule has 0 saturated carbocycles. The Bertz CT molecular complexity index is 1040. The van der Waals surface area contributed by atoms with Crippen molar-refractivity contribution >= 4 is 23.1 Å². The third-order valence-electron chi connectivity index (χ3n) is 5.91. The van der Waals surface area contributed by atoms with E-state index in [9.17, 15) is 4.79 Å². The molecule has 1 aliphatic heterocycles. The van der Waals surface area contributed by atoms with Gasteiger partial charge in [0.15, 0.2) is 0 Å². The van der Waals surface area contributed by atoms with Gasteiger partial charge in [0.1, 0.15) is 15.7 Å². The van der Waals surface area contributed by atoms with Crippen LogP contribution in [0.2, 0.25) is 0 Å². The second kappa shape index (κ2) is 8.56. The van der Waals surface area contributed by atoms with Crippen molar-refractivity contribution in [3.63, 3.8) is 0 Å². The average molecular weight is 421 g/mol. The predicted molar refractivity (Wildman–Crippen MR) is 123 cm³/mol. The molecular weight excluding hydrogens is 392 g/mol. The van der Waals surface area contributed by atoms with E-state index in [0.717, 1.165) is 52.9 Å². The van der Waals surface area contributed by atoms with E-state index in [4.69, 9.17) is 4.98 Å². The number of anilines is 1. The lowest BCUT2D eigenvalue weighted by atomic mass is 10.0. The zero-order valence-electron chi connectivity index (χ0n) is 18.1. The smallest absolute Gasteiger partial charge is 0.265 e. The number of hydrogen-bond donors (Lipinski definition) is 0. The van der Waals surface area contributed by atoms with Crippen molar-refractivity contribution < 1.29 is 4.79 Å². The zero-order valence-corrected chi connectivity index (χ0v) is 18.9. The molecule has 1 fully saturated rings. The largest absolute Gasteiger partial charge is 0.356 e. The zero-order chi connectivity index (χ0) is 21.3. The van der Waals surface area contributed by atoms with Gasteiger partial charge in [-0.3, -0.25) is 4.79 Å². The highest BCUT2D eigenvalue weighted by molar-refractivity contribution is 7.17. The molecule has 4 rings (SSSR count). The van der Waals surface area contributed by atoms with E-state index < -0.39 is 0 Å². The SMILES string of the molecule is Cc1ccc(-c2nc(C)c(C(=O)N(C)C3CCN(c4ccccn4)CC3)s2)c(C)c1. The molecule has 156 valence electrons. The number of amides is 1. The summed E-state index contributed by atoms with van der Waals surface area (Å²) in [4.78, 5) is 27.4. The molecule has 0 aliphatic carbocycles. The van der Waals surface area contributed by atoms with Crippen LogP contribution in [0.25, 0.3) is 10.6 Å². The van der Waals surface area contributed by atoms with Gasteiger partial charge < -0.3 is 9.80 Å². The molecule has 0 radical (unpaired) electrons. The number of aryl methyl sites for hydroxylation is 3. The molecule has 0 unspecified atom stereocenters. The van der Waals surface area contributed by atoms with Crippen molar-refractivity contribution in [3.05, 3.63) is 64.3 Å². The van der Waals surface area contributed by atoms with Crippen LogP contribution >= 0.6 is 11.3 Å². The summed E-state index contributed by atoms with van der Waals surface area (Å²) in [5.74, 6) is 1.10. The van der Waals surface area contributed by atoms with Crippen LogP contribution < -0.4 is 4.90 Å². The molecule has 1 aromatic carbocycles. The molecule has 1 saturated heterocycles. The first-order chi connectivity index (χ1) is 14.4. The van der Waals surface area contributed by atoms with Gasteiger partial charge in [0, 0.05) is 37.9 Å². The third-order valence-corrected chi connectivity index (χ3v) is 7.09. The van der Waals surface area contributed by atoms with Gasteiger partial charge in [-0.1, -0.05) is 29.8 Å². The summed E-state index contributed by atoms with van der Waals surface area (Å²) in [7, 11) is 1.93. The Labute approximate surface area is 182 Å². The Morgan fingerprint density at radius 2 is 1.90 bits per heavy atom. The lowest BCUT2D eigenvalue weighted by Crippen LogP contribution is -2.45. The second-order valence-electron chi connectivity index (χ2n) is 8.07. The van der Waals surface area contributed by atoms with Crippen molar-refractivity contribution in [1.82, 2.24) is 14.9 Å². The van der Waals surface area contributed by atoms with Crippen LogP contribution in [0.15, 0.2) is 42.6 Å². The van der Waals surface area contributed by atoms with Gasteiger partial charge in [-0.15, -0.1) is 11.3 Å². The van der Waals surface area contributed by atoms with E-state index >= 15 is 0 Å². The fourth-order valence-electron chi connectivity index (χ4n) is 4.11. The molecule has 3 heterocycles. The normalized spacial score (nSPS) is 14.7. The number of rotatable bonds is 4. The van der Waals surface area contributed by atoms with E-state index in [0.29, 0.717) is 0 Å². The number of nitrogens with zero attached hydrogens (tertiary/aromatic N) is 4. The van der Waals surface area contributed by atoms with Crippen molar-refractivity contribution in [1.29, 1.82) is 0 Å². The first-order valence-corrected chi connectivity index (χ1v) is 11.2. The minimum atomic E-state index is 0.0808. The summed E-state index contributed by atoms with van der Waals surface area (Å²) in [6, 6.07) is 12.6. The van der Waals surface area contributed by atoms with Gasteiger partial charge in [-0.2, -0.15) is 0 Å². The highest BCUT2D eigenvalue weighted by Crippen LogP contribution is 2.32. The molecule has 0 atom stereocenters. The van der Waals surface area contributed by atoms with Gasteiger partial charge in [0.25, 0.3) is 5.91 Å². The summed E-state index contributed by atoms with van der Waals surface area (Å²) >= 11 is 1.51. The van der Waals surface area contributed by atoms with Gasteiger partial charge >= 0.3 is 0 Å². The van der Waals surface area contributed by atoms with E-state index in [1.54, 1.807) is 0 Å². The maximum absolute atomic E-state index is 13.3. The molecule has 0 N–H and O–H groups in total. The first kappa shape index (κ1) is 20.5. The number of piperidine rings is 1. The number of carbonyl (C=O) groups is 1. The second-order valence-corrected chi connectivity index (χ2v) is 9.07. The molecule has 6 heteroatoms.